The van der Waals surface area contributed by atoms with Crippen molar-refractivity contribution >= 4 is 0 Å². The van der Waals surface area contributed by atoms with Crippen LogP contribution >= 0.6 is 0 Å². The highest BCUT2D eigenvalue weighted by molar-refractivity contribution is 5.24. The van der Waals surface area contributed by atoms with Gasteiger partial charge in [0.15, 0.2) is 0 Å². The van der Waals surface area contributed by atoms with Gasteiger partial charge >= 0.3 is 0 Å². The third kappa shape index (κ3) is 1.78. The van der Waals surface area contributed by atoms with E-state index in [4.69, 9.17) is 0 Å². The highest BCUT2D eigenvalue weighted by Gasteiger charge is 2.58. The van der Waals surface area contributed by atoms with Crippen LogP contribution in [0.15, 0.2) is 24.3 Å². The molecule has 116 valence electrons. The van der Waals surface area contributed by atoms with Crippen LogP contribution in [0.3, 0.4) is 0 Å². The standard InChI is InChI=1S/C19H28O2/c1-18-9-7-13(20)11-12(18)3-4-14-15-5-6-17(21)19(15,2)10-8-16(14)18/h3-4,7,9,12-17,20-21H,5-6,8,10-11H2,1-2H3/t12?,13-,14-,15-,16-,17-,18-,19-/m0/s1. The van der Waals surface area contributed by atoms with E-state index in [9.17, 15) is 10.2 Å². The van der Waals surface area contributed by atoms with Gasteiger partial charge < -0.3 is 10.2 Å². The average molecular weight is 288 g/mol. The Hall–Kier alpha value is -0.600. The van der Waals surface area contributed by atoms with Gasteiger partial charge in [0.05, 0.1) is 12.2 Å². The van der Waals surface area contributed by atoms with E-state index in [0.29, 0.717) is 23.7 Å². The Morgan fingerprint density at radius 2 is 1.76 bits per heavy atom. The first-order valence-electron chi connectivity index (χ1n) is 8.69. The third-order valence-corrected chi connectivity index (χ3v) is 7.62. The highest BCUT2D eigenvalue weighted by Crippen LogP contribution is 2.63. The summed E-state index contributed by atoms with van der Waals surface area (Å²) in [6, 6.07) is 0. The SMILES string of the molecule is C[C@]12CC[C@H]3[C@@H](C=CC4C[C@@H](O)C=C[C@@]43C)[C@@H]1CC[C@@H]2O. The summed E-state index contributed by atoms with van der Waals surface area (Å²) < 4.78 is 0. The van der Waals surface area contributed by atoms with Crippen molar-refractivity contribution in [2.45, 2.75) is 58.2 Å². The molecule has 0 heterocycles. The fourth-order valence-corrected chi connectivity index (χ4v) is 6.14. The molecule has 8 atom stereocenters. The normalized spacial score (nSPS) is 58.5. The van der Waals surface area contributed by atoms with Crippen LogP contribution in [-0.4, -0.2) is 22.4 Å². The van der Waals surface area contributed by atoms with Crippen LogP contribution < -0.4 is 0 Å². The van der Waals surface area contributed by atoms with E-state index in [0.717, 1.165) is 19.3 Å². The van der Waals surface area contributed by atoms with Crippen molar-refractivity contribution in [1.82, 2.24) is 0 Å². The first kappa shape index (κ1) is 14.0. The lowest BCUT2D eigenvalue weighted by atomic mass is 9.48. The molecule has 0 bridgehead atoms. The van der Waals surface area contributed by atoms with Gasteiger partial charge in [-0.1, -0.05) is 38.2 Å². The molecule has 2 N–H and O–H groups in total. The third-order valence-electron chi connectivity index (χ3n) is 7.62. The number of allylic oxidation sites excluding steroid dienone is 3. The first-order chi connectivity index (χ1) is 9.95. The summed E-state index contributed by atoms with van der Waals surface area (Å²) in [5.74, 6) is 2.41. The second kappa shape index (κ2) is 4.45. The van der Waals surface area contributed by atoms with Crippen molar-refractivity contribution in [3.8, 4) is 0 Å². The van der Waals surface area contributed by atoms with Crippen molar-refractivity contribution in [3.63, 3.8) is 0 Å². The molecule has 2 fully saturated rings. The number of hydrogen-bond donors (Lipinski definition) is 2. The molecule has 0 aromatic carbocycles. The molecule has 2 saturated carbocycles. The van der Waals surface area contributed by atoms with Gasteiger partial charge in [0, 0.05) is 0 Å². The van der Waals surface area contributed by atoms with Gasteiger partial charge in [-0.3, -0.25) is 0 Å². The zero-order chi connectivity index (χ0) is 14.8. The van der Waals surface area contributed by atoms with Crippen molar-refractivity contribution in [2.75, 3.05) is 0 Å². The predicted molar refractivity (Wildman–Crippen MR) is 83.6 cm³/mol. The van der Waals surface area contributed by atoms with Crippen LogP contribution in [0, 0.1) is 34.5 Å². The largest absolute Gasteiger partial charge is 0.393 e. The summed E-state index contributed by atoms with van der Waals surface area (Å²) in [7, 11) is 0. The molecule has 0 saturated heterocycles. The molecule has 2 heteroatoms. The van der Waals surface area contributed by atoms with Gasteiger partial charge in [0.2, 0.25) is 0 Å². The molecular formula is C19H28O2. The van der Waals surface area contributed by atoms with Crippen molar-refractivity contribution in [2.24, 2.45) is 34.5 Å². The summed E-state index contributed by atoms with van der Waals surface area (Å²) >= 11 is 0. The smallest absolute Gasteiger partial charge is 0.0727 e. The van der Waals surface area contributed by atoms with E-state index in [-0.39, 0.29) is 23.0 Å². The van der Waals surface area contributed by atoms with Crippen LogP contribution in [0.1, 0.15) is 46.0 Å². The quantitative estimate of drug-likeness (QED) is 0.671. The van der Waals surface area contributed by atoms with E-state index in [1.54, 1.807) is 0 Å². The monoisotopic (exact) mass is 288 g/mol. The Kier molecular flexibility index (Phi) is 2.97. The van der Waals surface area contributed by atoms with E-state index in [1.165, 1.54) is 12.8 Å². The summed E-state index contributed by atoms with van der Waals surface area (Å²) in [4.78, 5) is 0. The average Bonchev–Trinajstić information content (AvgIpc) is 2.76. The zero-order valence-electron chi connectivity index (χ0n) is 13.2. The minimum atomic E-state index is -0.272. The molecule has 1 unspecified atom stereocenters. The van der Waals surface area contributed by atoms with E-state index < -0.39 is 0 Å². The molecule has 0 amide bonds. The maximum atomic E-state index is 10.4. The molecular weight excluding hydrogens is 260 g/mol. The van der Waals surface area contributed by atoms with Gasteiger partial charge in [0.1, 0.15) is 0 Å². The van der Waals surface area contributed by atoms with Gasteiger partial charge in [-0.05, 0) is 66.6 Å². The fourth-order valence-electron chi connectivity index (χ4n) is 6.14. The Morgan fingerprint density at radius 1 is 0.952 bits per heavy atom. The van der Waals surface area contributed by atoms with Gasteiger partial charge in [0.25, 0.3) is 0 Å². The molecule has 0 radical (unpaired) electrons. The minimum Gasteiger partial charge on any atom is -0.393 e. The summed E-state index contributed by atoms with van der Waals surface area (Å²) in [6.45, 7) is 4.71. The number of hydrogen-bond acceptors (Lipinski definition) is 2. The summed E-state index contributed by atoms with van der Waals surface area (Å²) in [6.07, 6.45) is 14.2. The lowest BCUT2D eigenvalue weighted by Gasteiger charge is -2.56. The van der Waals surface area contributed by atoms with E-state index in [1.807, 2.05) is 6.08 Å². The highest BCUT2D eigenvalue weighted by atomic mass is 16.3. The lowest BCUT2D eigenvalue weighted by Crippen LogP contribution is -2.51. The molecule has 4 rings (SSSR count). The second-order valence-electron chi connectivity index (χ2n) is 8.45. The van der Waals surface area contributed by atoms with E-state index >= 15 is 0 Å². The summed E-state index contributed by atoms with van der Waals surface area (Å²) in [5.41, 5.74) is 0.333. The molecule has 21 heavy (non-hydrogen) atoms. The van der Waals surface area contributed by atoms with Crippen molar-refractivity contribution in [3.05, 3.63) is 24.3 Å². The first-order valence-corrected chi connectivity index (χ1v) is 8.69. The lowest BCUT2D eigenvalue weighted by molar-refractivity contribution is -0.0584. The molecule has 0 aliphatic heterocycles. The van der Waals surface area contributed by atoms with Crippen LogP contribution in [0.25, 0.3) is 0 Å². The van der Waals surface area contributed by atoms with Crippen LogP contribution in [0.5, 0.6) is 0 Å². The van der Waals surface area contributed by atoms with Gasteiger partial charge in [-0.15, -0.1) is 0 Å². The fraction of sp³-hybridized carbons (Fsp3) is 0.789. The van der Waals surface area contributed by atoms with Crippen LogP contribution in [-0.2, 0) is 0 Å². The molecule has 4 aliphatic rings. The van der Waals surface area contributed by atoms with Crippen molar-refractivity contribution in [1.29, 1.82) is 0 Å². The van der Waals surface area contributed by atoms with Gasteiger partial charge in [-0.2, -0.15) is 0 Å². The number of fused-ring (bicyclic) bond motifs is 5. The summed E-state index contributed by atoms with van der Waals surface area (Å²) in [5, 5.41) is 20.4. The topological polar surface area (TPSA) is 40.5 Å². The maximum Gasteiger partial charge on any atom is 0.0727 e. The molecule has 0 aromatic heterocycles. The Morgan fingerprint density at radius 3 is 2.57 bits per heavy atom. The Labute approximate surface area is 127 Å². The zero-order valence-corrected chi connectivity index (χ0v) is 13.2. The molecule has 2 nitrogen and oxygen atoms in total. The Balaban J connectivity index is 1.71. The second-order valence-corrected chi connectivity index (χ2v) is 8.45. The number of rotatable bonds is 0. The number of aliphatic hydroxyl groups is 2. The Bertz CT molecular complexity index is 496. The van der Waals surface area contributed by atoms with Crippen molar-refractivity contribution < 1.29 is 10.2 Å². The van der Waals surface area contributed by atoms with Crippen LogP contribution in [0.4, 0.5) is 0 Å². The van der Waals surface area contributed by atoms with Gasteiger partial charge in [-0.25, -0.2) is 0 Å². The molecule has 0 spiro atoms. The maximum absolute atomic E-state index is 10.4. The molecule has 0 aromatic rings. The number of aliphatic hydroxyl groups excluding tert-OH is 2. The predicted octanol–water partition coefficient (Wildman–Crippen LogP) is 3.30. The molecule has 4 aliphatic carbocycles. The minimum absolute atomic E-state index is 0.105. The van der Waals surface area contributed by atoms with Crippen LogP contribution in [0.2, 0.25) is 0 Å². The van der Waals surface area contributed by atoms with E-state index in [2.05, 4.69) is 32.1 Å².